The largest absolute Gasteiger partial charge is 0.366 e. The molecule has 0 amide bonds. The molecule has 0 heterocycles. The number of nitrogens with one attached hydrogen (secondary N) is 1. The molecule has 2 aromatic carbocycles. The van der Waals surface area contributed by atoms with Crippen LogP contribution in [0.3, 0.4) is 0 Å². The molecule has 0 saturated carbocycles. The topological polar surface area (TPSA) is 21.3 Å². The van der Waals surface area contributed by atoms with Gasteiger partial charge in [0.2, 0.25) is 0 Å². The van der Waals surface area contributed by atoms with Crippen LogP contribution >= 0.6 is 0 Å². The van der Waals surface area contributed by atoms with Crippen molar-refractivity contribution in [2.45, 2.75) is 38.5 Å². The Balaban J connectivity index is 2.38. The van der Waals surface area contributed by atoms with Crippen LogP contribution in [0, 0.1) is 0 Å². The molecule has 2 atom stereocenters. The Kier molecular flexibility index (Phi) is 5.16. The molecule has 0 bridgehead atoms. The molecule has 0 aliphatic carbocycles. The molecule has 0 spiro atoms. The number of benzene rings is 2. The van der Waals surface area contributed by atoms with E-state index in [4.69, 9.17) is 4.74 Å². The molecule has 112 valence electrons. The lowest BCUT2D eigenvalue weighted by molar-refractivity contribution is -0.0775. The Morgan fingerprint density at radius 1 is 0.810 bits per heavy atom. The van der Waals surface area contributed by atoms with Gasteiger partial charge in [0.05, 0.1) is 11.6 Å². The number of hydrogen-bond donors (Lipinski definition) is 1. The van der Waals surface area contributed by atoms with E-state index in [1.54, 1.807) is 0 Å². The van der Waals surface area contributed by atoms with E-state index in [1.165, 1.54) is 11.1 Å². The Hall–Kier alpha value is -1.64. The molecule has 0 radical (unpaired) electrons. The summed E-state index contributed by atoms with van der Waals surface area (Å²) in [4.78, 5) is 0. The van der Waals surface area contributed by atoms with Gasteiger partial charge in [-0.15, -0.1) is 0 Å². The first-order valence-corrected chi connectivity index (χ1v) is 7.46. The fraction of sp³-hybridized carbons (Fsp3) is 0.368. The number of likely N-dealkylation sites (N-methyl/N-ethyl adjacent to an activating group) is 1. The van der Waals surface area contributed by atoms with Gasteiger partial charge in [-0.2, -0.15) is 0 Å². The third-order valence-corrected chi connectivity index (χ3v) is 3.38. The van der Waals surface area contributed by atoms with Gasteiger partial charge in [-0.05, 0) is 38.9 Å². The van der Waals surface area contributed by atoms with E-state index in [-0.39, 0.29) is 17.7 Å². The summed E-state index contributed by atoms with van der Waals surface area (Å²) >= 11 is 0. The van der Waals surface area contributed by atoms with Crippen molar-refractivity contribution in [1.29, 1.82) is 0 Å². The predicted octanol–water partition coefficient (Wildman–Crippen LogP) is 4.50. The maximum absolute atomic E-state index is 6.37. The standard InChI is InChI=1S/C19H25NO/c1-19(2,3)21-18(16-13-9-6-10-14-16)17(20-4)15-11-7-5-8-12-15/h5-14,17-18,20H,1-4H3. The van der Waals surface area contributed by atoms with Crippen LogP contribution in [0.2, 0.25) is 0 Å². The summed E-state index contributed by atoms with van der Waals surface area (Å²) in [5.41, 5.74) is 2.22. The summed E-state index contributed by atoms with van der Waals surface area (Å²) in [5.74, 6) is 0. The SMILES string of the molecule is CNC(c1ccccc1)C(OC(C)(C)C)c1ccccc1. The smallest absolute Gasteiger partial charge is 0.103 e. The van der Waals surface area contributed by atoms with E-state index >= 15 is 0 Å². The third-order valence-electron chi connectivity index (χ3n) is 3.38. The Bertz CT molecular complexity index is 530. The van der Waals surface area contributed by atoms with Gasteiger partial charge in [0.25, 0.3) is 0 Å². The summed E-state index contributed by atoms with van der Waals surface area (Å²) < 4.78 is 6.37. The highest BCUT2D eigenvalue weighted by molar-refractivity contribution is 5.26. The fourth-order valence-electron chi connectivity index (χ4n) is 2.51. The lowest BCUT2D eigenvalue weighted by Crippen LogP contribution is -2.31. The first-order valence-electron chi connectivity index (χ1n) is 7.46. The Labute approximate surface area is 128 Å². The molecule has 0 aliphatic rings. The van der Waals surface area contributed by atoms with Gasteiger partial charge in [0.1, 0.15) is 6.10 Å². The Morgan fingerprint density at radius 2 is 1.29 bits per heavy atom. The summed E-state index contributed by atoms with van der Waals surface area (Å²) in [6, 6.07) is 21.0. The van der Waals surface area contributed by atoms with E-state index in [1.807, 2.05) is 19.2 Å². The molecule has 0 saturated heterocycles. The first-order chi connectivity index (χ1) is 10.0. The van der Waals surface area contributed by atoms with Crippen LogP contribution in [-0.4, -0.2) is 12.6 Å². The van der Waals surface area contributed by atoms with Crippen LogP contribution in [0.4, 0.5) is 0 Å². The average Bonchev–Trinajstić information content (AvgIpc) is 2.48. The quantitative estimate of drug-likeness (QED) is 0.872. The highest BCUT2D eigenvalue weighted by atomic mass is 16.5. The molecule has 21 heavy (non-hydrogen) atoms. The molecule has 2 aromatic rings. The van der Waals surface area contributed by atoms with Crippen LogP contribution in [0.1, 0.15) is 44.0 Å². The number of hydrogen-bond acceptors (Lipinski definition) is 2. The third kappa shape index (κ3) is 4.42. The summed E-state index contributed by atoms with van der Waals surface area (Å²) in [7, 11) is 1.99. The van der Waals surface area contributed by atoms with E-state index in [0.717, 1.165) is 0 Å². The highest BCUT2D eigenvalue weighted by Gasteiger charge is 2.28. The van der Waals surface area contributed by atoms with Gasteiger partial charge in [-0.3, -0.25) is 0 Å². The molecular weight excluding hydrogens is 258 g/mol. The lowest BCUT2D eigenvalue weighted by Gasteiger charge is -2.34. The van der Waals surface area contributed by atoms with Crippen LogP contribution in [0.15, 0.2) is 60.7 Å². The molecule has 2 rings (SSSR count). The maximum atomic E-state index is 6.37. The normalized spacial score (nSPS) is 14.7. The van der Waals surface area contributed by atoms with Gasteiger partial charge in [-0.1, -0.05) is 60.7 Å². The van der Waals surface area contributed by atoms with Gasteiger partial charge in [0, 0.05) is 0 Å². The Morgan fingerprint density at radius 3 is 1.71 bits per heavy atom. The molecule has 0 aromatic heterocycles. The second kappa shape index (κ2) is 6.88. The van der Waals surface area contributed by atoms with Crippen molar-refractivity contribution in [3.63, 3.8) is 0 Å². The van der Waals surface area contributed by atoms with Crippen molar-refractivity contribution in [2.24, 2.45) is 0 Å². The zero-order valence-electron chi connectivity index (χ0n) is 13.3. The first kappa shape index (κ1) is 15.7. The lowest BCUT2D eigenvalue weighted by atomic mass is 9.95. The number of ether oxygens (including phenoxy) is 1. The highest BCUT2D eigenvalue weighted by Crippen LogP contribution is 2.35. The van der Waals surface area contributed by atoms with Crippen molar-refractivity contribution in [3.05, 3.63) is 71.8 Å². The molecular formula is C19H25NO. The van der Waals surface area contributed by atoms with Crippen LogP contribution in [-0.2, 0) is 4.74 Å². The van der Waals surface area contributed by atoms with Crippen LogP contribution in [0.25, 0.3) is 0 Å². The molecule has 2 heteroatoms. The summed E-state index contributed by atoms with van der Waals surface area (Å²) in [6.45, 7) is 6.29. The van der Waals surface area contributed by atoms with Crippen molar-refractivity contribution in [2.75, 3.05) is 7.05 Å². The van der Waals surface area contributed by atoms with Gasteiger partial charge >= 0.3 is 0 Å². The fourth-order valence-corrected chi connectivity index (χ4v) is 2.51. The van der Waals surface area contributed by atoms with Gasteiger partial charge in [0.15, 0.2) is 0 Å². The minimum atomic E-state index is -0.204. The van der Waals surface area contributed by atoms with Crippen molar-refractivity contribution in [1.82, 2.24) is 5.32 Å². The second-order valence-corrected chi connectivity index (χ2v) is 6.24. The summed E-state index contributed by atoms with van der Waals surface area (Å²) in [6.07, 6.45) is -0.0291. The van der Waals surface area contributed by atoms with E-state index < -0.39 is 0 Å². The predicted molar refractivity (Wildman–Crippen MR) is 88.3 cm³/mol. The second-order valence-electron chi connectivity index (χ2n) is 6.24. The van der Waals surface area contributed by atoms with Crippen molar-refractivity contribution < 1.29 is 4.74 Å². The van der Waals surface area contributed by atoms with Gasteiger partial charge < -0.3 is 10.1 Å². The zero-order valence-corrected chi connectivity index (χ0v) is 13.3. The average molecular weight is 283 g/mol. The van der Waals surface area contributed by atoms with E-state index in [2.05, 4.69) is 74.6 Å². The van der Waals surface area contributed by atoms with Crippen LogP contribution in [0.5, 0.6) is 0 Å². The van der Waals surface area contributed by atoms with Crippen molar-refractivity contribution >= 4 is 0 Å². The monoisotopic (exact) mass is 283 g/mol. The zero-order chi connectivity index (χ0) is 15.3. The van der Waals surface area contributed by atoms with E-state index in [0.29, 0.717) is 0 Å². The molecule has 0 fully saturated rings. The molecule has 1 N–H and O–H groups in total. The maximum Gasteiger partial charge on any atom is 0.103 e. The van der Waals surface area contributed by atoms with Gasteiger partial charge in [-0.25, -0.2) is 0 Å². The van der Waals surface area contributed by atoms with Crippen LogP contribution < -0.4 is 5.32 Å². The summed E-state index contributed by atoms with van der Waals surface area (Å²) in [5, 5.41) is 3.41. The number of rotatable bonds is 5. The molecule has 0 aliphatic heterocycles. The van der Waals surface area contributed by atoms with Crippen molar-refractivity contribution in [3.8, 4) is 0 Å². The minimum absolute atomic E-state index is 0.0291. The molecule has 2 nitrogen and oxygen atoms in total. The van der Waals surface area contributed by atoms with E-state index in [9.17, 15) is 0 Å². The molecule has 2 unspecified atom stereocenters. The minimum Gasteiger partial charge on any atom is -0.366 e.